The Morgan fingerprint density at radius 1 is 1.53 bits per heavy atom. The predicted molar refractivity (Wildman–Crippen MR) is 65.0 cm³/mol. The van der Waals surface area contributed by atoms with E-state index in [1.54, 1.807) is 12.1 Å². The molecule has 0 aliphatic rings. The van der Waals surface area contributed by atoms with Gasteiger partial charge in [-0.2, -0.15) is 5.10 Å². The molecule has 0 saturated carbocycles. The largest absolute Gasteiger partial charge is 0.474 e. The Kier molecular flexibility index (Phi) is 5.31. The van der Waals surface area contributed by atoms with Crippen LogP contribution in [0.25, 0.3) is 0 Å². The molecule has 0 aromatic carbocycles. The van der Waals surface area contributed by atoms with E-state index >= 15 is 0 Å². The molecule has 0 spiro atoms. The minimum Gasteiger partial charge on any atom is -0.474 e. The number of aromatic nitrogens is 2. The molecular formula is C10H17N5O2. The maximum absolute atomic E-state index is 9.19. The van der Waals surface area contributed by atoms with Crippen molar-refractivity contribution in [2.75, 3.05) is 18.6 Å². The molecule has 0 fully saturated rings. The number of nitrogens with zero attached hydrogens (tertiary/aromatic N) is 3. The second kappa shape index (κ2) is 6.77. The molecule has 7 heteroatoms. The van der Waals surface area contributed by atoms with Crippen molar-refractivity contribution in [3.05, 3.63) is 12.1 Å². The number of ether oxygens (including phenoxy) is 1. The number of aliphatic hydroxyl groups excluding tert-OH is 1. The molecule has 0 radical (unpaired) electrons. The van der Waals surface area contributed by atoms with Gasteiger partial charge in [0.1, 0.15) is 12.7 Å². The molecule has 0 aliphatic heterocycles. The Hall–Kier alpha value is -1.73. The van der Waals surface area contributed by atoms with Crippen molar-refractivity contribution in [1.82, 2.24) is 10.2 Å². The van der Waals surface area contributed by atoms with Gasteiger partial charge in [-0.25, -0.2) is 0 Å². The van der Waals surface area contributed by atoms with Crippen molar-refractivity contribution in [3.63, 3.8) is 0 Å². The lowest BCUT2D eigenvalue weighted by atomic mass is 10.4. The molecule has 94 valence electrons. The van der Waals surface area contributed by atoms with E-state index in [-0.39, 0.29) is 13.2 Å². The molecule has 0 amide bonds. The number of anilines is 1. The second-order valence-corrected chi connectivity index (χ2v) is 3.63. The zero-order valence-corrected chi connectivity index (χ0v) is 9.92. The summed E-state index contributed by atoms with van der Waals surface area (Å²) >= 11 is 0. The first-order valence-electron chi connectivity index (χ1n) is 5.23. The van der Waals surface area contributed by atoms with E-state index in [1.165, 1.54) is 0 Å². The van der Waals surface area contributed by atoms with E-state index < -0.39 is 6.10 Å². The van der Waals surface area contributed by atoms with E-state index in [2.05, 4.69) is 20.7 Å². The lowest BCUT2D eigenvalue weighted by molar-refractivity contribution is 0.111. The van der Waals surface area contributed by atoms with Gasteiger partial charge < -0.3 is 15.6 Å². The van der Waals surface area contributed by atoms with Crippen molar-refractivity contribution >= 4 is 11.5 Å². The summed E-state index contributed by atoms with van der Waals surface area (Å²) in [5.74, 6) is 0.859. The van der Waals surface area contributed by atoms with Crippen LogP contribution in [0.5, 0.6) is 5.88 Å². The third-order valence-electron chi connectivity index (χ3n) is 1.73. The van der Waals surface area contributed by atoms with E-state index in [4.69, 9.17) is 10.5 Å². The number of hydrazone groups is 1. The third kappa shape index (κ3) is 5.23. The average Bonchev–Trinajstić information content (AvgIpc) is 2.34. The zero-order chi connectivity index (χ0) is 12.7. The molecule has 0 bridgehead atoms. The quantitative estimate of drug-likeness (QED) is 0.476. The Balaban J connectivity index is 2.47. The van der Waals surface area contributed by atoms with Gasteiger partial charge in [-0.15, -0.1) is 10.2 Å². The summed E-state index contributed by atoms with van der Waals surface area (Å²) in [6.07, 6.45) is -0.693. The molecule has 1 heterocycles. The summed E-state index contributed by atoms with van der Waals surface area (Å²) in [4.78, 5) is 0. The van der Waals surface area contributed by atoms with Gasteiger partial charge in [-0.05, 0) is 19.9 Å². The van der Waals surface area contributed by atoms with Gasteiger partial charge in [0.25, 0.3) is 0 Å². The molecule has 1 unspecified atom stereocenters. The summed E-state index contributed by atoms with van der Waals surface area (Å²) in [6, 6.07) is 3.32. The molecule has 0 aliphatic carbocycles. The fourth-order valence-electron chi connectivity index (χ4n) is 0.875. The lowest BCUT2D eigenvalue weighted by Crippen LogP contribution is -2.26. The first kappa shape index (κ1) is 13.3. The van der Waals surface area contributed by atoms with Gasteiger partial charge >= 0.3 is 0 Å². The minimum absolute atomic E-state index is 0.101. The van der Waals surface area contributed by atoms with E-state index in [0.29, 0.717) is 11.7 Å². The van der Waals surface area contributed by atoms with Crippen LogP contribution in [0.1, 0.15) is 13.8 Å². The second-order valence-electron chi connectivity index (χ2n) is 3.63. The highest BCUT2D eigenvalue weighted by atomic mass is 16.5. The van der Waals surface area contributed by atoms with Crippen LogP contribution < -0.4 is 15.9 Å². The first-order chi connectivity index (χ1) is 8.11. The number of hydrogen-bond donors (Lipinski definition) is 3. The van der Waals surface area contributed by atoms with Crippen molar-refractivity contribution < 1.29 is 9.84 Å². The van der Waals surface area contributed by atoms with Gasteiger partial charge in [0, 0.05) is 18.3 Å². The Morgan fingerprint density at radius 2 is 2.29 bits per heavy atom. The summed E-state index contributed by atoms with van der Waals surface area (Å²) in [5, 5.41) is 20.8. The number of aliphatic hydroxyl groups is 1. The van der Waals surface area contributed by atoms with Crippen molar-refractivity contribution in [3.8, 4) is 5.88 Å². The van der Waals surface area contributed by atoms with E-state index in [9.17, 15) is 5.11 Å². The van der Waals surface area contributed by atoms with E-state index in [0.717, 1.165) is 5.71 Å². The van der Waals surface area contributed by atoms with Crippen LogP contribution in [0, 0.1) is 0 Å². The monoisotopic (exact) mass is 239 g/mol. The normalized spacial score (nSPS) is 11.8. The molecule has 1 atom stereocenters. The number of rotatable bonds is 6. The average molecular weight is 239 g/mol. The molecule has 1 aromatic heterocycles. The van der Waals surface area contributed by atoms with Gasteiger partial charge in [0.15, 0.2) is 5.82 Å². The fourth-order valence-corrected chi connectivity index (χ4v) is 0.875. The minimum atomic E-state index is -0.693. The fraction of sp³-hybridized carbons (Fsp3) is 0.500. The maximum Gasteiger partial charge on any atom is 0.233 e. The van der Waals surface area contributed by atoms with Crippen LogP contribution in [0.15, 0.2) is 17.2 Å². The highest BCUT2D eigenvalue weighted by molar-refractivity contribution is 5.79. The van der Waals surface area contributed by atoms with E-state index in [1.807, 2.05) is 13.8 Å². The summed E-state index contributed by atoms with van der Waals surface area (Å²) in [7, 11) is 0. The van der Waals surface area contributed by atoms with Gasteiger partial charge in [-0.3, -0.25) is 5.43 Å². The van der Waals surface area contributed by atoms with Crippen molar-refractivity contribution in [2.45, 2.75) is 20.0 Å². The molecule has 0 saturated heterocycles. The smallest absolute Gasteiger partial charge is 0.233 e. The van der Waals surface area contributed by atoms with Crippen LogP contribution in [-0.2, 0) is 0 Å². The van der Waals surface area contributed by atoms with Crippen LogP contribution >= 0.6 is 0 Å². The molecule has 17 heavy (non-hydrogen) atoms. The Labute approximate surface area is 99.7 Å². The molecule has 7 nitrogen and oxygen atoms in total. The lowest BCUT2D eigenvalue weighted by Gasteiger charge is -2.08. The molecule has 1 rings (SSSR count). The van der Waals surface area contributed by atoms with Crippen molar-refractivity contribution in [2.24, 2.45) is 10.8 Å². The topological polar surface area (TPSA) is 106 Å². The predicted octanol–water partition coefficient (Wildman–Crippen LogP) is -0.0173. The summed E-state index contributed by atoms with van der Waals surface area (Å²) in [5.41, 5.74) is 8.86. The Bertz CT molecular complexity index is 361. The van der Waals surface area contributed by atoms with Crippen LogP contribution in [-0.4, -0.2) is 40.3 Å². The van der Waals surface area contributed by atoms with Crippen LogP contribution in [0.3, 0.4) is 0 Å². The molecule has 1 aromatic rings. The highest BCUT2D eigenvalue weighted by Gasteiger charge is 2.03. The summed E-state index contributed by atoms with van der Waals surface area (Å²) in [6.45, 7) is 3.99. The van der Waals surface area contributed by atoms with Crippen LogP contribution in [0.4, 0.5) is 5.82 Å². The number of nitrogens with two attached hydrogens (primary N) is 1. The Morgan fingerprint density at radius 3 is 2.82 bits per heavy atom. The summed E-state index contributed by atoms with van der Waals surface area (Å²) < 4.78 is 5.17. The highest BCUT2D eigenvalue weighted by Crippen LogP contribution is 2.08. The first-order valence-corrected chi connectivity index (χ1v) is 5.23. The zero-order valence-electron chi connectivity index (χ0n) is 9.92. The third-order valence-corrected chi connectivity index (χ3v) is 1.73. The van der Waals surface area contributed by atoms with Crippen molar-refractivity contribution in [1.29, 1.82) is 0 Å². The van der Waals surface area contributed by atoms with Gasteiger partial charge in [-0.1, -0.05) is 0 Å². The standard InChI is InChI=1S/C10H17N5O2/c1-7(2)12-13-9-3-4-10(15-14-9)17-6-8(16)5-11/h3-4,8,16H,5-6,11H2,1-2H3,(H,13,14). The molecule has 4 N–H and O–H groups in total. The molecular weight excluding hydrogens is 222 g/mol. The van der Waals surface area contributed by atoms with Gasteiger partial charge in [0.05, 0.1) is 0 Å². The number of nitrogens with one attached hydrogen (secondary N) is 1. The van der Waals surface area contributed by atoms with Crippen LogP contribution in [0.2, 0.25) is 0 Å². The van der Waals surface area contributed by atoms with Gasteiger partial charge in [0.2, 0.25) is 5.88 Å². The number of hydrogen-bond acceptors (Lipinski definition) is 7. The SMILES string of the molecule is CC(C)=NNc1ccc(OCC(O)CN)nn1. The maximum atomic E-state index is 9.19.